The van der Waals surface area contributed by atoms with Gasteiger partial charge in [-0.1, -0.05) is 36.9 Å². The first-order chi connectivity index (χ1) is 11.4. The number of rotatable bonds is 8. The molecule has 128 valence electrons. The van der Waals surface area contributed by atoms with Gasteiger partial charge in [0.25, 0.3) is 0 Å². The molecule has 0 aromatic carbocycles. The summed E-state index contributed by atoms with van der Waals surface area (Å²) >= 11 is 2.67. The lowest BCUT2D eigenvalue weighted by atomic mass is 9.90. The Labute approximate surface area is 148 Å². The Hall–Kier alpha value is -2.05. The highest BCUT2D eigenvalue weighted by molar-refractivity contribution is 8.01. The predicted octanol–water partition coefficient (Wildman–Crippen LogP) is 2.89. The standard InChI is InChI=1S/C15H19N5O2S2/c1-10(2)15(3,9-16)18-12(21)8-23-14-20-19-13(24-14)17-7-11-5-4-6-22-11/h4-6,10H,7-8H2,1-3H3,(H,17,19)(H,18,21). The molecule has 2 rings (SSSR count). The number of carbonyl (C=O) groups excluding carboxylic acids is 1. The van der Waals surface area contributed by atoms with E-state index in [-0.39, 0.29) is 17.6 Å². The number of carbonyl (C=O) groups is 1. The molecular weight excluding hydrogens is 346 g/mol. The normalized spacial score (nSPS) is 13.3. The van der Waals surface area contributed by atoms with Gasteiger partial charge in [-0.15, -0.1) is 10.2 Å². The molecule has 0 aliphatic heterocycles. The van der Waals surface area contributed by atoms with Gasteiger partial charge in [0.1, 0.15) is 11.3 Å². The maximum atomic E-state index is 12.0. The summed E-state index contributed by atoms with van der Waals surface area (Å²) in [5.74, 6) is 0.827. The van der Waals surface area contributed by atoms with Gasteiger partial charge in [0, 0.05) is 0 Å². The van der Waals surface area contributed by atoms with Crippen LogP contribution < -0.4 is 10.6 Å². The molecule has 0 saturated carbocycles. The van der Waals surface area contributed by atoms with E-state index < -0.39 is 5.54 Å². The van der Waals surface area contributed by atoms with Crippen LogP contribution in [0.3, 0.4) is 0 Å². The second kappa shape index (κ2) is 8.17. The van der Waals surface area contributed by atoms with Gasteiger partial charge < -0.3 is 15.1 Å². The zero-order valence-corrected chi connectivity index (χ0v) is 15.3. The van der Waals surface area contributed by atoms with E-state index in [1.54, 1.807) is 13.2 Å². The fourth-order valence-electron chi connectivity index (χ4n) is 1.67. The van der Waals surface area contributed by atoms with Crippen LogP contribution in [0.2, 0.25) is 0 Å². The number of hydrogen-bond donors (Lipinski definition) is 2. The monoisotopic (exact) mass is 365 g/mol. The number of amides is 1. The van der Waals surface area contributed by atoms with Gasteiger partial charge in [-0.25, -0.2) is 0 Å². The molecule has 0 aliphatic rings. The molecule has 2 aromatic rings. The molecule has 0 saturated heterocycles. The predicted molar refractivity (Wildman–Crippen MR) is 93.7 cm³/mol. The van der Waals surface area contributed by atoms with Crippen LogP contribution in [0.25, 0.3) is 0 Å². The number of anilines is 1. The van der Waals surface area contributed by atoms with Crippen molar-refractivity contribution in [2.24, 2.45) is 5.92 Å². The molecule has 2 N–H and O–H groups in total. The second-order valence-corrected chi connectivity index (χ2v) is 7.81. The molecule has 2 heterocycles. The van der Waals surface area contributed by atoms with Gasteiger partial charge in [0.2, 0.25) is 11.0 Å². The second-order valence-electron chi connectivity index (χ2n) is 5.61. The molecule has 0 fully saturated rings. The summed E-state index contributed by atoms with van der Waals surface area (Å²) < 4.78 is 5.92. The Morgan fingerprint density at radius 3 is 2.96 bits per heavy atom. The van der Waals surface area contributed by atoms with E-state index in [1.165, 1.54) is 23.1 Å². The smallest absolute Gasteiger partial charge is 0.231 e. The Morgan fingerprint density at radius 1 is 1.54 bits per heavy atom. The quantitative estimate of drug-likeness (QED) is 0.693. The Morgan fingerprint density at radius 2 is 2.33 bits per heavy atom. The van der Waals surface area contributed by atoms with Gasteiger partial charge in [-0.2, -0.15) is 5.26 Å². The van der Waals surface area contributed by atoms with E-state index >= 15 is 0 Å². The molecule has 1 amide bonds. The van der Waals surface area contributed by atoms with Crippen LogP contribution in [0.1, 0.15) is 26.5 Å². The molecule has 0 aliphatic carbocycles. The van der Waals surface area contributed by atoms with E-state index in [1.807, 2.05) is 26.0 Å². The number of thioether (sulfide) groups is 1. The third kappa shape index (κ3) is 4.97. The number of nitriles is 1. The van der Waals surface area contributed by atoms with Gasteiger partial charge in [-0.3, -0.25) is 4.79 Å². The lowest BCUT2D eigenvalue weighted by Gasteiger charge is -2.27. The van der Waals surface area contributed by atoms with E-state index in [0.717, 1.165) is 5.76 Å². The van der Waals surface area contributed by atoms with Crippen molar-refractivity contribution in [3.8, 4) is 6.07 Å². The number of aromatic nitrogens is 2. The van der Waals surface area contributed by atoms with Crippen LogP contribution in [-0.4, -0.2) is 27.4 Å². The van der Waals surface area contributed by atoms with Crippen molar-refractivity contribution in [3.63, 3.8) is 0 Å². The molecule has 7 nitrogen and oxygen atoms in total. The van der Waals surface area contributed by atoms with Crippen LogP contribution in [0.4, 0.5) is 5.13 Å². The zero-order valence-electron chi connectivity index (χ0n) is 13.7. The summed E-state index contributed by atoms with van der Waals surface area (Å²) in [6, 6.07) is 5.85. The molecule has 2 aromatic heterocycles. The van der Waals surface area contributed by atoms with Crippen LogP contribution in [0, 0.1) is 17.2 Å². The van der Waals surface area contributed by atoms with Crippen LogP contribution in [0.15, 0.2) is 27.2 Å². The highest BCUT2D eigenvalue weighted by Crippen LogP contribution is 2.26. The number of furan rings is 1. The van der Waals surface area contributed by atoms with E-state index in [2.05, 4.69) is 26.9 Å². The SMILES string of the molecule is CC(C)C(C)(C#N)NC(=O)CSc1nnc(NCc2ccco2)s1. The van der Waals surface area contributed by atoms with Crippen molar-refractivity contribution >= 4 is 34.1 Å². The van der Waals surface area contributed by atoms with E-state index in [0.29, 0.717) is 16.0 Å². The summed E-state index contributed by atoms with van der Waals surface area (Å²) in [6.07, 6.45) is 1.61. The molecule has 24 heavy (non-hydrogen) atoms. The van der Waals surface area contributed by atoms with Crippen molar-refractivity contribution in [1.82, 2.24) is 15.5 Å². The lowest BCUT2D eigenvalue weighted by molar-refractivity contribution is -0.120. The number of nitrogens with one attached hydrogen (secondary N) is 2. The van der Waals surface area contributed by atoms with Gasteiger partial charge >= 0.3 is 0 Å². The Kier molecular flexibility index (Phi) is 6.23. The largest absolute Gasteiger partial charge is 0.467 e. The van der Waals surface area contributed by atoms with Crippen LogP contribution in [0.5, 0.6) is 0 Å². The van der Waals surface area contributed by atoms with Crippen molar-refractivity contribution in [3.05, 3.63) is 24.2 Å². The van der Waals surface area contributed by atoms with Gasteiger partial charge in [0.05, 0.1) is 24.6 Å². The highest BCUT2D eigenvalue weighted by Gasteiger charge is 2.29. The molecular formula is C15H19N5O2S2. The molecule has 1 unspecified atom stereocenters. The topological polar surface area (TPSA) is 104 Å². The third-order valence-electron chi connectivity index (χ3n) is 3.51. The summed E-state index contributed by atoms with van der Waals surface area (Å²) in [5, 5.41) is 23.8. The van der Waals surface area contributed by atoms with Crippen molar-refractivity contribution < 1.29 is 9.21 Å². The summed E-state index contributed by atoms with van der Waals surface area (Å²) in [7, 11) is 0. The zero-order chi connectivity index (χ0) is 17.6. The van der Waals surface area contributed by atoms with E-state index in [4.69, 9.17) is 4.42 Å². The van der Waals surface area contributed by atoms with E-state index in [9.17, 15) is 10.1 Å². The van der Waals surface area contributed by atoms with Crippen molar-refractivity contribution in [2.75, 3.05) is 11.1 Å². The average Bonchev–Trinajstić information content (AvgIpc) is 3.22. The van der Waals surface area contributed by atoms with Gasteiger partial charge in [-0.05, 0) is 25.0 Å². The minimum atomic E-state index is -0.867. The summed E-state index contributed by atoms with van der Waals surface area (Å²) in [4.78, 5) is 12.0. The fourth-order valence-corrected chi connectivity index (χ4v) is 3.22. The summed E-state index contributed by atoms with van der Waals surface area (Å²) in [6.45, 7) is 6.06. The molecule has 0 radical (unpaired) electrons. The number of nitrogens with zero attached hydrogens (tertiary/aromatic N) is 3. The maximum absolute atomic E-state index is 12.0. The maximum Gasteiger partial charge on any atom is 0.231 e. The van der Waals surface area contributed by atoms with Crippen LogP contribution in [-0.2, 0) is 11.3 Å². The van der Waals surface area contributed by atoms with Crippen molar-refractivity contribution in [2.45, 2.75) is 37.2 Å². The molecule has 0 spiro atoms. The number of hydrogen-bond acceptors (Lipinski definition) is 8. The fraction of sp³-hybridized carbons (Fsp3) is 0.467. The molecule has 9 heteroatoms. The molecule has 0 bridgehead atoms. The first kappa shape index (κ1) is 18.3. The Balaban J connectivity index is 1.80. The Bertz CT molecular complexity index is 708. The first-order valence-corrected chi connectivity index (χ1v) is 9.18. The highest BCUT2D eigenvalue weighted by atomic mass is 32.2. The minimum Gasteiger partial charge on any atom is -0.467 e. The molecule has 1 atom stereocenters. The lowest BCUT2D eigenvalue weighted by Crippen LogP contribution is -2.49. The first-order valence-electron chi connectivity index (χ1n) is 7.38. The van der Waals surface area contributed by atoms with Gasteiger partial charge in [0.15, 0.2) is 4.34 Å². The van der Waals surface area contributed by atoms with Crippen molar-refractivity contribution in [1.29, 1.82) is 5.26 Å². The average molecular weight is 365 g/mol. The minimum absolute atomic E-state index is 0.0235. The third-order valence-corrected chi connectivity index (χ3v) is 5.53. The summed E-state index contributed by atoms with van der Waals surface area (Å²) in [5.41, 5.74) is -0.867. The van der Waals surface area contributed by atoms with Crippen LogP contribution >= 0.6 is 23.1 Å².